The van der Waals surface area contributed by atoms with Crippen molar-refractivity contribution in [3.63, 3.8) is 0 Å². The third kappa shape index (κ3) is 2.80. The second kappa shape index (κ2) is 6.97. The summed E-state index contributed by atoms with van der Waals surface area (Å²) in [7, 11) is 0. The minimum absolute atomic E-state index is 0.165. The van der Waals surface area contributed by atoms with Gasteiger partial charge in [-0.3, -0.25) is 0 Å². The molecule has 2 aromatic rings. The van der Waals surface area contributed by atoms with E-state index in [0.717, 1.165) is 19.3 Å². The molecule has 6 unspecified atom stereocenters. The molecule has 0 spiro atoms. The third-order valence-electron chi connectivity index (χ3n) is 8.03. The molecular weight excluding hydrogens is 376 g/mol. The molecule has 3 saturated carbocycles. The van der Waals surface area contributed by atoms with E-state index in [-0.39, 0.29) is 22.8 Å². The molecule has 2 bridgehead atoms. The van der Waals surface area contributed by atoms with Crippen LogP contribution in [0, 0.1) is 22.7 Å². The molecule has 4 heteroatoms. The second-order valence-electron chi connectivity index (χ2n) is 9.72. The zero-order valence-corrected chi connectivity index (χ0v) is 17.5. The highest BCUT2D eigenvalue weighted by atomic mass is 16.6. The Hall–Kier alpha value is -2.62. The van der Waals surface area contributed by atoms with E-state index in [1.54, 1.807) is 24.3 Å². The first-order chi connectivity index (χ1) is 14.4. The minimum atomic E-state index is -0.429. The zero-order valence-electron chi connectivity index (χ0n) is 17.5. The number of carbonyl (C=O) groups is 2. The van der Waals surface area contributed by atoms with Crippen LogP contribution in [0.3, 0.4) is 0 Å². The molecule has 0 saturated heterocycles. The Balaban J connectivity index is 1.47. The van der Waals surface area contributed by atoms with E-state index in [4.69, 9.17) is 9.47 Å². The van der Waals surface area contributed by atoms with Gasteiger partial charge in [-0.1, -0.05) is 56.7 Å². The highest BCUT2D eigenvalue weighted by molar-refractivity contribution is 5.90. The highest BCUT2D eigenvalue weighted by Gasteiger charge is 2.73. The molecule has 30 heavy (non-hydrogen) atoms. The minimum Gasteiger partial charge on any atom is -0.454 e. The van der Waals surface area contributed by atoms with Crippen molar-refractivity contribution in [2.75, 3.05) is 0 Å². The van der Waals surface area contributed by atoms with Crippen LogP contribution in [0.1, 0.15) is 60.2 Å². The predicted octanol–water partition coefficient (Wildman–Crippen LogP) is 5.28. The smallest absolute Gasteiger partial charge is 0.338 e. The molecule has 0 radical (unpaired) electrons. The van der Waals surface area contributed by atoms with Crippen molar-refractivity contribution < 1.29 is 19.1 Å². The Kier molecular flexibility index (Phi) is 4.49. The number of hydrogen-bond acceptors (Lipinski definition) is 4. The first-order valence-corrected chi connectivity index (χ1v) is 11.0. The van der Waals surface area contributed by atoms with E-state index in [0.29, 0.717) is 23.0 Å². The van der Waals surface area contributed by atoms with Gasteiger partial charge in [0, 0.05) is 10.8 Å². The Bertz CT molecular complexity index is 878. The van der Waals surface area contributed by atoms with Gasteiger partial charge in [-0.2, -0.15) is 0 Å². The van der Waals surface area contributed by atoms with Crippen molar-refractivity contribution in [3.05, 3.63) is 71.8 Å². The van der Waals surface area contributed by atoms with Crippen LogP contribution in [0.2, 0.25) is 0 Å². The molecule has 5 rings (SSSR count). The van der Waals surface area contributed by atoms with Crippen LogP contribution < -0.4 is 0 Å². The van der Waals surface area contributed by atoms with E-state index >= 15 is 0 Å². The van der Waals surface area contributed by atoms with E-state index in [2.05, 4.69) is 13.8 Å². The molecular formula is C26H28O4. The van der Waals surface area contributed by atoms with Gasteiger partial charge < -0.3 is 9.47 Å². The number of fused-ring (bicyclic) bond motifs is 5. The molecule has 0 aromatic heterocycles. The lowest BCUT2D eigenvalue weighted by Crippen LogP contribution is -2.53. The fraction of sp³-hybridized carbons (Fsp3) is 0.462. The lowest BCUT2D eigenvalue weighted by atomic mass is 9.66. The molecule has 0 N–H and O–H groups in total. The van der Waals surface area contributed by atoms with E-state index in [1.165, 1.54) is 6.42 Å². The quantitative estimate of drug-likeness (QED) is 0.650. The maximum Gasteiger partial charge on any atom is 0.338 e. The lowest BCUT2D eigenvalue weighted by Gasteiger charge is -2.46. The largest absolute Gasteiger partial charge is 0.454 e. The number of rotatable bonds is 4. The Morgan fingerprint density at radius 1 is 0.733 bits per heavy atom. The maximum atomic E-state index is 13.0. The van der Waals surface area contributed by atoms with Crippen LogP contribution in [0.5, 0.6) is 0 Å². The average molecular weight is 405 g/mol. The summed E-state index contributed by atoms with van der Waals surface area (Å²) in [5, 5.41) is 0. The molecule has 0 aliphatic heterocycles. The topological polar surface area (TPSA) is 52.6 Å². The summed E-state index contributed by atoms with van der Waals surface area (Å²) in [5.41, 5.74) is 0.736. The molecule has 3 fully saturated rings. The standard InChI is InChI=1S/C26H28O4/c1-25-16-26(2,20-15-9-14-19(20)25)22(30-24(28)18-12-7-4-8-13-18)21(25)29-23(27)17-10-5-3-6-11-17/h3-8,10-13,19-22H,9,14-16H2,1-2H3. The molecule has 3 aliphatic carbocycles. The molecule has 0 amide bonds. The van der Waals surface area contributed by atoms with Gasteiger partial charge in [0.2, 0.25) is 0 Å². The first-order valence-electron chi connectivity index (χ1n) is 11.0. The van der Waals surface area contributed by atoms with Gasteiger partial charge >= 0.3 is 11.9 Å². The van der Waals surface area contributed by atoms with Crippen LogP contribution in [0.4, 0.5) is 0 Å². The van der Waals surface area contributed by atoms with Crippen LogP contribution in [0.25, 0.3) is 0 Å². The number of hydrogen-bond donors (Lipinski definition) is 0. The summed E-state index contributed by atoms with van der Waals surface area (Å²) in [4.78, 5) is 25.9. The Morgan fingerprint density at radius 2 is 1.13 bits per heavy atom. The summed E-state index contributed by atoms with van der Waals surface area (Å²) in [6.45, 7) is 4.47. The van der Waals surface area contributed by atoms with Gasteiger partial charge in [-0.15, -0.1) is 0 Å². The van der Waals surface area contributed by atoms with Crippen LogP contribution in [-0.4, -0.2) is 24.1 Å². The summed E-state index contributed by atoms with van der Waals surface area (Å²) >= 11 is 0. The Morgan fingerprint density at radius 3 is 1.53 bits per heavy atom. The molecule has 0 heterocycles. The molecule has 6 atom stereocenters. The molecule has 4 nitrogen and oxygen atoms in total. The maximum absolute atomic E-state index is 13.0. The van der Waals surface area contributed by atoms with E-state index in [1.807, 2.05) is 36.4 Å². The van der Waals surface area contributed by atoms with Gasteiger partial charge in [0.1, 0.15) is 12.2 Å². The fourth-order valence-electron chi connectivity index (χ4n) is 6.84. The lowest BCUT2D eigenvalue weighted by molar-refractivity contribution is -0.122. The van der Waals surface area contributed by atoms with Crippen molar-refractivity contribution >= 4 is 11.9 Å². The molecule has 3 aliphatic rings. The third-order valence-corrected chi connectivity index (χ3v) is 8.03. The number of ether oxygens (including phenoxy) is 2. The molecule has 156 valence electrons. The summed E-state index contributed by atoms with van der Waals surface area (Å²) in [6.07, 6.45) is 3.59. The van der Waals surface area contributed by atoms with Gasteiger partial charge in [0.05, 0.1) is 11.1 Å². The van der Waals surface area contributed by atoms with Crippen molar-refractivity contribution in [3.8, 4) is 0 Å². The van der Waals surface area contributed by atoms with Crippen LogP contribution >= 0.6 is 0 Å². The summed E-state index contributed by atoms with van der Waals surface area (Å²) < 4.78 is 12.3. The Labute approximate surface area is 177 Å². The SMILES string of the molecule is CC12CC(C)(C3CCCC31)C(OC(=O)c1ccccc1)C2OC(=O)c1ccccc1. The van der Waals surface area contributed by atoms with Crippen LogP contribution in [-0.2, 0) is 9.47 Å². The zero-order chi connectivity index (χ0) is 20.9. The van der Waals surface area contributed by atoms with Gasteiger partial charge in [0.25, 0.3) is 0 Å². The van der Waals surface area contributed by atoms with Crippen LogP contribution in [0.15, 0.2) is 60.7 Å². The number of benzene rings is 2. The monoisotopic (exact) mass is 404 g/mol. The number of carbonyl (C=O) groups excluding carboxylic acids is 2. The predicted molar refractivity (Wildman–Crippen MR) is 113 cm³/mol. The van der Waals surface area contributed by atoms with E-state index < -0.39 is 12.2 Å². The second-order valence-corrected chi connectivity index (χ2v) is 9.72. The van der Waals surface area contributed by atoms with Crippen molar-refractivity contribution in [2.24, 2.45) is 22.7 Å². The van der Waals surface area contributed by atoms with Crippen molar-refractivity contribution in [1.82, 2.24) is 0 Å². The van der Waals surface area contributed by atoms with Gasteiger partial charge in [-0.25, -0.2) is 9.59 Å². The average Bonchev–Trinajstić information content (AvgIpc) is 3.40. The van der Waals surface area contributed by atoms with E-state index in [9.17, 15) is 9.59 Å². The fourth-order valence-corrected chi connectivity index (χ4v) is 6.84. The molecule has 2 aromatic carbocycles. The van der Waals surface area contributed by atoms with Crippen molar-refractivity contribution in [1.29, 1.82) is 0 Å². The first kappa shape index (κ1) is 19.3. The number of esters is 2. The van der Waals surface area contributed by atoms with Crippen molar-refractivity contribution in [2.45, 2.75) is 51.7 Å². The van der Waals surface area contributed by atoms with Gasteiger partial charge in [0.15, 0.2) is 0 Å². The van der Waals surface area contributed by atoms with Gasteiger partial charge in [-0.05, 0) is 55.4 Å². The normalized spacial score (nSPS) is 36.3. The summed E-state index contributed by atoms with van der Waals surface area (Å²) in [6, 6.07) is 18.2. The summed E-state index contributed by atoms with van der Waals surface area (Å²) in [5.74, 6) is 0.354. The highest BCUT2D eigenvalue weighted by Crippen LogP contribution is 2.72.